The van der Waals surface area contributed by atoms with Gasteiger partial charge in [-0.3, -0.25) is 9.69 Å². The van der Waals surface area contributed by atoms with E-state index in [-0.39, 0.29) is 12.5 Å². The SMILES string of the molecule is CCC(C)CNC(=O)N(CCCC(=O)O)c1ccccc1. The zero-order valence-corrected chi connectivity index (χ0v) is 12.7. The van der Waals surface area contributed by atoms with Crippen molar-refractivity contribution >= 4 is 17.7 Å². The standard InChI is InChI=1S/C16H24N2O3/c1-3-13(2)12-17-16(21)18(11-7-10-15(19)20)14-8-5-4-6-9-14/h4-6,8-9,13H,3,7,10-12H2,1-2H3,(H,17,21)(H,19,20). The van der Waals surface area contributed by atoms with Gasteiger partial charge in [0.05, 0.1) is 0 Å². The summed E-state index contributed by atoms with van der Waals surface area (Å²) in [6.45, 7) is 5.18. The van der Waals surface area contributed by atoms with E-state index in [4.69, 9.17) is 5.11 Å². The van der Waals surface area contributed by atoms with Gasteiger partial charge in [-0.15, -0.1) is 0 Å². The molecular weight excluding hydrogens is 268 g/mol. The van der Waals surface area contributed by atoms with Crippen LogP contribution in [0.5, 0.6) is 0 Å². The summed E-state index contributed by atoms with van der Waals surface area (Å²) >= 11 is 0. The molecular formula is C16H24N2O3. The van der Waals surface area contributed by atoms with Crippen LogP contribution in [-0.4, -0.2) is 30.2 Å². The van der Waals surface area contributed by atoms with Gasteiger partial charge in [-0.1, -0.05) is 38.5 Å². The van der Waals surface area contributed by atoms with Gasteiger partial charge in [0.25, 0.3) is 0 Å². The lowest BCUT2D eigenvalue weighted by Crippen LogP contribution is -2.42. The summed E-state index contributed by atoms with van der Waals surface area (Å²) in [5.74, 6) is -0.423. The lowest BCUT2D eigenvalue weighted by molar-refractivity contribution is -0.137. The predicted octanol–water partition coefficient (Wildman–Crippen LogP) is 3.11. The summed E-state index contributed by atoms with van der Waals surface area (Å²) in [6, 6.07) is 9.14. The molecule has 1 atom stereocenters. The molecule has 0 aliphatic heterocycles. The molecule has 0 saturated carbocycles. The Morgan fingerprint density at radius 3 is 2.52 bits per heavy atom. The highest BCUT2D eigenvalue weighted by Crippen LogP contribution is 2.14. The Morgan fingerprint density at radius 1 is 1.29 bits per heavy atom. The van der Waals surface area contributed by atoms with Crippen molar-refractivity contribution in [3.8, 4) is 0 Å². The van der Waals surface area contributed by atoms with Gasteiger partial charge >= 0.3 is 12.0 Å². The molecule has 2 N–H and O–H groups in total. The second-order valence-electron chi connectivity index (χ2n) is 5.18. The molecule has 2 amide bonds. The van der Waals surface area contributed by atoms with Crippen LogP contribution in [0.15, 0.2) is 30.3 Å². The Morgan fingerprint density at radius 2 is 1.95 bits per heavy atom. The van der Waals surface area contributed by atoms with E-state index >= 15 is 0 Å². The van der Waals surface area contributed by atoms with Crippen LogP contribution in [0.3, 0.4) is 0 Å². The fourth-order valence-electron chi connectivity index (χ4n) is 1.85. The van der Waals surface area contributed by atoms with Crippen molar-refractivity contribution in [3.05, 3.63) is 30.3 Å². The Balaban J connectivity index is 2.67. The number of carbonyl (C=O) groups excluding carboxylic acids is 1. The third kappa shape index (κ3) is 6.29. The van der Waals surface area contributed by atoms with Gasteiger partial charge in [0.1, 0.15) is 0 Å². The first-order valence-corrected chi connectivity index (χ1v) is 7.36. The Kier molecular flexibility index (Phi) is 7.29. The van der Waals surface area contributed by atoms with Gasteiger partial charge in [0.15, 0.2) is 0 Å². The first kappa shape index (κ1) is 17.0. The van der Waals surface area contributed by atoms with E-state index < -0.39 is 5.97 Å². The van der Waals surface area contributed by atoms with Crippen LogP contribution < -0.4 is 10.2 Å². The minimum Gasteiger partial charge on any atom is -0.481 e. The molecule has 116 valence electrons. The van der Waals surface area contributed by atoms with Crippen molar-refractivity contribution in [2.75, 3.05) is 18.0 Å². The second kappa shape index (κ2) is 9.00. The average molecular weight is 292 g/mol. The summed E-state index contributed by atoms with van der Waals surface area (Å²) in [4.78, 5) is 24.5. The number of aliphatic carboxylic acids is 1. The van der Waals surface area contributed by atoms with Gasteiger partial charge < -0.3 is 10.4 Å². The highest BCUT2D eigenvalue weighted by molar-refractivity contribution is 5.91. The molecule has 21 heavy (non-hydrogen) atoms. The smallest absolute Gasteiger partial charge is 0.321 e. The first-order valence-electron chi connectivity index (χ1n) is 7.36. The normalized spacial score (nSPS) is 11.7. The number of nitrogens with one attached hydrogen (secondary N) is 1. The number of rotatable bonds is 8. The zero-order valence-electron chi connectivity index (χ0n) is 12.7. The molecule has 0 fully saturated rings. The van der Waals surface area contributed by atoms with Crippen molar-refractivity contribution in [2.45, 2.75) is 33.1 Å². The molecule has 0 saturated heterocycles. The Labute approximate surface area is 126 Å². The lowest BCUT2D eigenvalue weighted by atomic mass is 10.1. The minimum absolute atomic E-state index is 0.0575. The topological polar surface area (TPSA) is 69.6 Å². The first-order chi connectivity index (χ1) is 10.0. The van der Waals surface area contributed by atoms with Gasteiger partial charge in [0.2, 0.25) is 0 Å². The molecule has 0 heterocycles. The van der Waals surface area contributed by atoms with E-state index in [1.807, 2.05) is 30.3 Å². The van der Waals surface area contributed by atoms with Crippen LogP contribution in [-0.2, 0) is 4.79 Å². The molecule has 1 unspecified atom stereocenters. The maximum absolute atomic E-state index is 12.3. The van der Waals surface area contributed by atoms with Crippen LogP contribution in [0.25, 0.3) is 0 Å². The number of hydrogen-bond donors (Lipinski definition) is 2. The van der Waals surface area contributed by atoms with Crippen LogP contribution in [0.4, 0.5) is 10.5 Å². The molecule has 5 nitrogen and oxygen atoms in total. The molecule has 0 aliphatic rings. The maximum atomic E-state index is 12.3. The van der Waals surface area contributed by atoms with E-state index in [9.17, 15) is 9.59 Å². The summed E-state index contributed by atoms with van der Waals surface area (Å²) in [5, 5.41) is 11.6. The van der Waals surface area contributed by atoms with E-state index in [0.29, 0.717) is 25.4 Å². The molecule has 0 bridgehead atoms. The van der Waals surface area contributed by atoms with Gasteiger partial charge in [-0.25, -0.2) is 4.79 Å². The molecule has 1 aromatic rings. The number of carbonyl (C=O) groups is 2. The maximum Gasteiger partial charge on any atom is 0.321 e. The summed E-state index contributed by atoms with van der Waals surface area (Å²) in [7, 11) is 0. The molecule has 0 aliphatic carbocycles. The van der Waals surface area contributed by atoms with Crippen molar-refractivity contribution in [2.24, 2.45) is 5.92 Å². The van der Waals surface area contributed by atoms with E-state index in [1.54, 1.807) is 4.90 Å². The third-order valence-corrected chi connectivity index (χ3v) is 3.38. The molecule has 1 aromatic carbocycles. The highest BCUT2D eigenvalue weighted by Gasteiger charge is 2.16. The molecule has 5 heteroatoms. The van der Waals surface area contributed by atoms with Gasteiger partial charge in [-0.05, 0) is 24.5 Å². The van der Waals surface area contributed by atoms with Crippen LogP contribution >= 0.6 is 0 Å². The number of hydrogen-bond acceptors (Lipinski definition) is 2. The second-order valence-corrected chi connectivity index (χ2v) is 5.18. The van der Waals surface area contributed by atoms with Crippen LogP contribution in [0.2, 0.25) is 0 Å². The Bertz CT molecular complexity index is 448. The third-order valence-electron chi connectivity index (χ3n) is 3.38. The number of carboxylic acids is 1. The minimum atomic E-state index is -0.844. The fourth-order valence-corrected chi connectivity index (χ4v) is 1.85. The monoisotopic (exact) mass is 292 g/mol. The van der Waals surface area contributed by atoms with Crippen molar-refractivity contribution in [3.63, 3.8) is 0 Å². The quantitative estimate of drug-likeness (QED) is 0.773. The number of nitrogens with zero attached hydrogens (tertiary/aromatic N) is 1. The number of anilines is 1. The van der Waals surface area contributed by atoms with E-state index in [1.165, 1.54) is 0 Å². The van der Waals surface area contributed by atoms with E-state index in [2.05, 4.69) is 19.2 Å². The van der Waals surface area contributed by atoms with Crippen LogP contribution in [0, 0.1) is 5.92 Å². The fraction of sp³-hybridized carbons (Fsp3) is 0.500. The number of urea groups is 1. The highest BCUT2D eigenvalue weighted by atomic mass is 16.4. The average Bonchev–Trinajstić information content (AvgIpc) is 2.49. The number of benzene rings is 1. The summed E-state index contributed by atoms with van der Waals surface area (Å²) < 4.78 is 0. The zero-order chi connectivity index (χ0) is 15.7. The molecule has 1 rings (SSSR count). The van der Waals surface area contributed by atoms with Crippen LogP contribution in [0.1, 0.15) is 33.1 Å². The largest absolute Gasteiger partial charge is 0.481 e. The van der Waals surface area contributed by atoms with Crippen molar-refractivity contribution < 1.29 is 14.7 Å². The molecule has 0 spiro atoms. The number of carboxylic acid groups (broad SMARTS) is 1. The Hall–Kier alpha value is -2.04. The lowest BCUT2D eigenvalue weighted by Gasteiger charge is -2.24. The summed E-state index contributed by atoms with van der Waals surface area (Å²) in [5.41, 5.74) is 0.782. The summed E-state index contributed by atoms with van der Waals surface area (Å²) in [6.07, 6.45) is 1.49. The van der Waals surface area contributed by atoms with E-state index in [0.717, 1.165) is 12.1 Å². The van der Waals surface area contributed by atoms with Gasteiger partial charge in [-0.2, -0.15) is 0 Å². The molecule has 0 aromatic heterocycles. The van der Waals surface area contributed by atoms with Gasteiger partial charge in [0, 0.05) is 25.2 Å². The molecule has 0 radical (unpaired) electrons. The van der Waals surface area contributed by atoms with Crippen molar-refractivity contribution in [1.82, 2.24) is 5.32 Å². The predicted molar refractivity (Wildman–Crippen MR) is 83.5 cm³/mol. The number of para-hydroxylation sites is 1. The number of amides is 2. The van der Waals surface area contributed by atoms with Crippen molar-refractivity contribution in [1.29, 1.82) is 0 Å².